The molecule has 22 heavy (non-hydrogen) atoms. The summed E-state index contributed by atoms with van der Waals surface area (Å²) in [6, 6.07) is 4.83. The van der Waals surface area contributed by atoms with E-state index in [2.05, 4.69) is 0 Å². The molecular weight excluding hydrogens is 297 g/mol. The maximum Gasteiger partial charge on any atom is 0.416 e. The fourth-order valence-corrected chi connectivity index (χ4v) is 2.43. The van der Waals surface area contributed by atoms with Gasteiger partial charge in [-0.1, -0.05) is 12.1 Å². The quantitative estimate of drug-likeness (QED) is 0.772. The van der Waals surface area contributed by atoms with Crippen molar-refractivity contribution in [3.8, 4) is 0 Å². The van der Waals surface area contributed by atoms with Gasteiger partial charge >= 0.3 is 12.1 Å². The van der Waals surface area contributed by atoms with E-state index in [1.54, 1.807) is 0 Å². The second-order valence-corrected chi connectivity index (χ2v) is 5.45. The van der Waals surface area contributed by atoms with E-state index in [4.69, 9.17) is 9.47 Å². The first-order valence-electron chi connectivity index (χ1n) is 7.34. The van der Waals surface area contributed by atoms with Crippen LogP contribution in [0.3, 0.4) is 0 Å². The van der Waals surface area contributed by atoms with Gasteiger partial charge in [0.2, 0.25) is 0 Å². The summed E-state index contributed by atoms with van der Waals surface area (Å²) in [5.74, 6) is 0.0961. The standard InChI is InChI=1S/C16H19F3O3/c17-16(18,19)14-3-1-2-13(10-14)11-22-15(20)5-4-12-6-8-21-9-7-12/h1-3,10,12H,4-9,11H2. The van der Waals surface area contributed by atoms with Gasteiger partial charge in [-0.2, -0.15) is 13.2 Å². The molecule has 0 N–H and O–H groups in total. The lowest BCUT2D eigenvalue weighted by Gasteiger charge is -2.21. The number of rotatable bonds is 5. The molecule has 0 radical (unpaired) electrons. The predicted octanol–water partition coefficient (Wildman–Crippen LogP) is 3.96. The normalized spacial score (nSPS) is 16.5. The average molecular weight is 316 g/mol. The van der Waals surface area contributed by atoms with Crippen molar-refractivity contribution in [2.75, 3.05) is 13.2 Å². The van der Waals surface area contributed by atoms with Gasteiger partial charge in [0.05, 0.1) is 5.56 Å². The van der Waals surface area contributed by atoms with E-state index in [1.807, 2.05) is 0 Å². The Hall–Kier alpha value is -1.56. The highest BCUT2D eigenvalue weighted by atomic mass is 19.4. The Balaban J connectivity index is 1.76. The number of carbonyl (C=O) groups is 1. The molecule has 0 bridgehead atoms. The van der Waals surface area contributed by atoms with Gasteiger partial charge < -0.3 is 9.47 Å². The molecule has 1 saturated heterocycles. The Morgan fingerprint density at radius 1 is 1.27 bits per heavy atom. The Kier molecular flexibility index (Phi) is 5.83. The molecule has 122 valence electrons. The third-order valence-corrected chi connectivity index (χ3v) is 3.75. The third kappa shape index (κ3) is 5.33. The van der Waals surface area contributed by atoms with Crippen molar-refractivity contribution in [1.29, 1.82) is 0 Å². The lowest BCUT2D eigenvalue weighted by molar-refractivity contribution is -0.145. The van der Waals surface area contributed by atoms with Crippen molar-refractivity contribution < 1.29 is 27.4 Å². The fraction of sp³-hybridized carbons (Fsp3) is 0.562. The summed E-state index contributed by atoms with van der Waals surface area (Å²) in [6.07, 6.45) is -1.46. The molecule has 1 aliphatic rings. The van der Waals surface area contributed by atoms with Crippen molar-refractivity contribution in [2.24, 2.45) is 5.92 Å². The minimum absolute atomic E-state index is 0.128. The lowest BCUT2D eigenvalue weighted by Crippen LogP contribution is -2.17. The van der Waals surface area contributed by atoms with Crippen LogP contribution in [0.5, 0.6) is 0 Å². The maximum absolute atomic E-state index is 12.6. The molecule has 0 aromatic heterocycles. The number of ether oxygens (including phenoxy) is 2. The van der Waals surface area contributed by atoms with Gasteiger partial charge in [0.25, 0.3) is 0 Å². The fourth-order valence-electron chi connectivity index (χ4n) is 2.43. The van der Waals surface area contributed by atoms with Crippen molar-refractivity contribution in [3.05, 3.63) is 35.4 Å². The lowest BCUT2D eigenvalue weighted by atomic mass is 9.95. The molecule has 6 heteroatoms. The van der Waals surface area contributed by atoms with Crippen molar-refractivity contribution in [1.82, 2.24) is 0 Å². The highest BCUT2D eigenvalue weighted by Crippen LogP contribution is 2.29. The van der Waals surface area contributed by atoms with E-state index in [1.165, 1.54) is 12.1 Å². The highest BCUT2D eigenvalue weighted by molar-refractivity contribution is 5.69. The topological polar surface area (TPSA) is 35.5 Å². The summed E-state index contributed by atoms with van der Waals surface area (Å²) < 4.78 is 48.0. The zero-order valence-electron chi connectivity index (χ0n) is 12.2. The highest BCUT2D eigenvalue weighted by Gasteiger charge is 2.30. The Morgan fingerprint density at radius 3 is 2.68 bits per heavy atom. The summed E-state index contributed by atoms with van der Waals surface area (Å²) in [4.78, 5) is 11.7. The number of halogens is 3. The van der Waals surface area contributed by atoms with Crippen LogP contribution < -0.4 is 0 Å². The summed E-state index contributed by atoms with van der Waals surface area (Å²) in [5.41, 5.74) is -0.391. The van der Waals surface area contributed by atoms with Crippen LogP contribution in [0.4, 0.5) is 13.2 Å². The van der Waals surface area contributed by atoms with E-state index in [9.17, 15) is 18.0 Å². The Bertz CT molecular complexity index is 494. The minimum atomic E-state index is -4.39. The van der Waals surface area contributed by atoms with Gasteiger partial charge in [-0.25, -0.2) is 0 Å². The average Bonchev–Trinajstić information content (AvgIpc) is 2.51. The smallest absolute Gasteiger partial charge is 0.416 e. The summed E-state index contributed by atoms with van der Waals surface area (Å²) >= 11 is 0. The van der Waals surface area contributed by atoms with Crippen molar-refractivity contribution in [2.45, 2.75) is 38.5 Å². The number of carbonyl (C=O) groups excluding carboxylic acids is 1. The first-order valence-corrected chi connectivity index (χ1v) is 7.34. The molecule has 1 aliphatic heterocycles. The van der Waals surface area contributed by atoms with Crippen LogP contribution in [0.2, 0.25) is 0 Å². The van der Waals surface area contributed by atoms with Crippen molar-refractivity contribution in [3.63, 3.8) is 0 Å². The molecule has 0 spiro atoms. The first kappa shape index (κ1) is 16.8. The molecule has 0 unspecified atom stereocenters. The molecule has 0 aliphatic carbocycles. The monoisotopic (exact) mass is 316 g/mol. The number of benzene rings is 1. The van der Waals surface area contributed by atoms with Crippen LogP contribution in [0.1, 0.15) is 36.8 Å². The van der Waals surface area contributed by atoms with Gasteiger partial charge in [0.1, 0.15) is 6.61 Å². The second-order valence-electron chi connectivity index (χ2n) is 5.45. The van der Waals surface area contributed by atoms with Crippen LogP contribution in [0.15, 0.2) is 24.3 Å². The van der Waals surface area contributed by atoms with Crippen LogP contribution in [0.25, 0.3) is 0 Å². The van der Waals surface area contributed by atoms with E-state index >= 15 is 0 Å². The van der Waals surface area contributed by atoms with Gasteiger partial charge in [0.15, 0.2) is 0 Å². The SMILES string of the molecule is O=C(CCC1CCOCC1)OCc1cccc(C(F)(F)F)c1. The molecule has 3 nitrogen and oxygen atoms in total. The molecule has 0 saturated carbocycles. The Labute approximate surface area is 127 Å². The number of hydrogen-bond donors (Lipinski definition) is 0. The number of hydrogen-bond acceptors (Lipinski definition) is 3. The predicted molar refractivity (Wildman–Crippen MR) is 74.0 cm³/mol. The largest absolute Gasteiger partial charge is 0.461 e. The molecule has 1 fully saturated rings. The van der Waals surface area contributed by atoms with E-state index in [-0.39, 0.29) is 12.6 Å². The molecule has 0 amide bonds. The van der Waals surface area contributed by atoms with Gasteiger partial charge in [-0.05, 0) is 42.9 Å². The zero-order chi connectivity index (χ0) is 16.0. The molecular formula is C16H19F3O3. The molecule has 2 rings (SSSR count). The molecule has 1 heterocycles. The summed E-state index contributed by atoms with van der Waals surface area (Å²) in [6.45, 7) is 1.32. The van der Waals surface area contributed by atoms with E-state index < -0.39 is 11.7 Å². The van der Waals surface area contributed by atoms with E-state index in [0.717, 1.165) is 44.6 Å². The van der Waals surface area contributed by atoms with Gasteiger partial charge in [-0.3, -0.25) is 4.79 Å². The zero-order valence-corrected chi connectivity index (χ0v) is 12.2. The Morgan fingerprint density at radius 2 is 2.00 bits per heavy atom. The number of alkyl halides is 3. The van der Waals surface area contributed by atoms with Crippen LogP contribution in [-0.4, -0.2) is 19.2 Å². The summed E-state index contributed by atoms with van der Waals surface area (Å²) in [7, 11) is 0. The van der Waals surface area contributed by atoms with E-state index in [0.29, 0.717) is 17.9 Å². The van der Waals surface area contributed by atoms with Crippen molar-refractivity contribution >= 4 is 5.97 Å². The van der Waals surface area contributed by atoms with Crippen LogP contribution in [0, 0.1) is 5.92 Å². The third-order valence-electron chi connectivity index (χ3n) is 3.75. The molecule has 1 aromatic rings. The van der Waals surface area contributed by atoms with Gasteiger partial charge in [-0.15, -0.1) is 0 Å². The first-order chi connectivity index (χ1) is 10.4. The molecule has 1 aromatic carbocycles. The van der Waals surface area contributed by atoms with Gasteiger partial charge in [0, 0.05) is 19.6 Å². The van der Waals surface area contributed by atoms with Crippen LogP contribution in [-0.2, 0) is 27.1 Å². The summed E-state index contributed by atoms with van der Waals surface area (Å²) in [5, 5.41) is 0. The second kappa shape index (κ2) is 7.63. The minimum Gasteiger partial charge on any atom is -0.461 e. The molecule has 0 atom stereocenters. The maximum atomic E-state index is 12.6. The number of esters is 1. The van der Waals surface area contributed by atoms with Crippen LogP contribution >= 0.6 is 0 Å².